The molecule has 1 aliphatic heterocycles. The average Bonchev–Trinajstić information content (AvgIpc) is 2.40. The summed E-state index contributed by atoms with van der Waals surface area (Å²) in [6, 6.07) is 3.67. The van der Waals surface area contributed by atoms with Crippen LogP contribution in [0.2, 0.25) is 0 Å². The normalized spacial score (nSPS) is 14.9. The molecule has 0 saturated carbocycles. The van der Waals surface area contributed by atoms with Crippen LogP contribution in [-0.2, 0) is 4.74 Å². The minimum atomic E-state index is -0.498. The zero-order chi connectivity index (χ0) is 17.2. The third kappa shape index (κ3) is 4.13. The van der Waals surface area contributed by atoms with Crippen LogP contribution in [0.3, 0.4) is 0 Å². The van der Waals surface area contributed by atoms with Gasteiger partial charge in [-0.25, -0.2) is 4.79 Å². The number of likely N-dealkylation sites (tertiary alicyclic amines) is 1. The standard InChI is InChI=1S/C16H24N4O3/c1-10-5-11(7-17)14(6-13(10)19-22)18-12-8-20(9-12)15(21)23-16(2,3)4/h5-7,12,17-19,22H,8-9H2,1-4H3. The fourth-order valence-corrected chi connectivity index (χ4v) is 2.36. The Kier molecular flexibility index (Phi) is 4.79. The minimum absolute atomic E-state index is 0.0930. The van der Waals surface area contributed by atoms with Gasteiger partial charge in [0, 0.05) is 30.6 Å². The van der Waals surface area contributed by atoms with Crippen molar-refractivity contribution in [3.8, 4) is 0 Å². The number of amides is 1. The molecule has 1 fully saturated rings. The van der Waals surface area contributed by atoms with Crippen molar-refractivity contribution in [2.45, 2.75) is 39.3 Å². The van der Waals surface area contributed by atoms with Crippen molar-refractivity contribution >= 4 is 23.7 Å². The lowest BCUT2D eigenvalue weighted by molar-refractivity contribution is 0.0105. The van der Waals surface area contributed by atoms with Crippen molar-refractivity contribution in [2.24, 2.45) is 0 Å². The SMILES string of the molecule is Cc1cc(C=N)c(NC2CN(C(=O)OC(C)(C)C)C2)cc1NO. The summed E-state index contributed by atoms with van der Waals surface area (Å²) in [5.74, 6) is 0. The summed E-state index contributed by atoms with van der Waals surface area (Å²) in [5, 5.41) is 19.9. The predicted molar refractivity (Wildman–Crippen MR) is 89.7 cm³/mol. The van der Waals surface area contributed by atoms with Crippen LogP contribution in [0.15, 0.2) is 12.1 Å². The first kappa shape index (κ1) is 17.1. The van der Waals surface area contributed by atoms with Crippen LogP contribution >= 0.6 is 0 Å². The van der Waals surface area contributed by atoms with Crippen LogP contribution in [0, 0.1) is 12.3 Å². The molecule has 1 aliphatic rings. The molecule has 7 heteroatoms. The van der Waals surface area contributed by atoms with E-state index in [0.717, 1.165) is 16.8 Å². The zero-order valence-electron chi connectivity index (χ0n) is 13.9. The second kappa shape index (κ2) is 6.45. The Hall–Kier alpha value is -2.28. The first-order chi connectivity index (χ1) is 10.7. The predicted octanol–water partition coefficient (Wildman–Crippen LogP) is 2.82. The van der Waals surface area contributed by atoms with Crippen LogP contribution in [-0.4, -0.2) is 47.1 Å². The Balaban J connectivity index is 1.98. The van der Waals surface area contributed by atoms with E-state index in [1.165, 1.54) is 6.21 Å². The van der Waals surface area contributed by atoms with Crippen LogP contribution in [0.1, 0.15) is 31.9 Å². The van der Waals surface area contributed by atoms with Gasteiger partial charge < -0.3 is 20.4 Å². The number of nitrogens with one attached hydrogen (secondary N) is 3. The Morgan fingerprint density at radius 3 is 2.57 bits per heavy atom. The van der Waals surface area contributed by atoms with Crippen LogP contribution in [0.5, 0.6) is 0 Å². The molecule has 0 unspecified atom stereocenters. The van der Waals surface area contributed by atoms with Gasteiger partial charge in [-0.1, -0.05) is 0 Å². The number of carbonyl (C=O) groups is 1. The van der Waals surface area contributed by atoms with Gasteiger partial charge in [-0.2, -0.15) is 0 Å². The summed E-state index contributed by atoms with van der Waals surface area (Å²) < 4.78 is 5.32. The molecule has 23 heavy (non-hydrogen) atoms. The maximum absolute atomic E-state index is 11.9. The van der Waals surface area contributed by atoms with Crippen molar-refractivity contribution in [3.63, 3.8) is 0 Å². The Labute approximate surface area is 136 Å². The maximum atomic E-state index is 11.9. The lowest BCUT2D eigenvalue weighted by Crippen LogP contribution is -2.58. The zero-order valence-corrected chi connectivity index (χ0v) is 13.9. The van der Waals surface area contributed by atoms with Crippen LogP contribution in [0.4, 0.5) is 16.2 Å². The van der Waals surface area contributed by atoms with Crippen molar-refractivity contribution in [3.05, 3.63) is 23.3 Å². The van der Waals surface area contributed by atoms with E-state index in [2.05, 4.69) is 10.8 Å². The van der Waals surface area contributed by atoms with Crippen LogP contribution < -0.4 is 10.8 Å². The van der Waals surface area contributed by atoms with E-state index in [0.29, 0.717) is 18.8 Å². The summed E-state index contributed by atoms with van der Waals surface area (Å²) in [6.45, 7) is 8.46. The molecule has 1 heterocycles. The lowest BCUT2D eigenvalue weighted by Gasteiger charge is -2.40. The lowest BCUT2D eigenvalue weighted by atomic mass is 10.0. The number of hydrogen-bond donors (Lipinski definition) is 4. The second-order valence-electron chi connectivity index (χ2n) is 6.74. The summed E-state index contributed by atoms with van der Waals surface area (Å²) in [4.78, 5) is 13.5. The van der Waals surface area contributed by atoms with E-state index in [9.17, 15) is 4.79 Å². The molecule has 2 rings (SSSR count). The number of hydrogen-bond acceptors (Lipinski definition) is 6. The van der Waals surface area contributed by atoms with E-state index in [4.69, 9.17) is 15.4 Å². The molecular formula is C16H24N4O3. The molecule has 7 nitrogen and oxygen atoms in total. The van der Waals surface area contributed by atoms with Gasteiger partial charge >= 0.3 is 6.09 Å². The Morgan fingerprint density at radius 1 is 1.39 bits per heavy atom. The molecular weight excluding hydrogens is 296 g/mol. The molecule has 1 aromatic carbocycles. The molecule has 4 N–H and O–H groups in total. The summed E-state index contributed by atoms with van der Waals surface area (Å²) in [7, 11) is 0. The van der Waals surface area contributed by atoms with Gasteiger partial charge in [0.25, 0.3) is 0 Å². The first-order valence-corrected chi connectivity index (χ1v) is 7.53. The molecule has 0 bridgehead atoms. The highest BCUT2D eigenvalue weighted by Crippen LogP contribution is 2.26. The maximum Gasteiger partial charge on any atom is 0.410 e. The third-order valence-electron chi connectivity index (χ3n) is 3.57. The number of benzene rings is 1. The molecule has 0 atom stereocenters. The highest BCUT2D eigenvalue weighted by molar-refractivity contribution is 5.88. The van der Waals surface area contributed by atoms with Crippen molar-refractivity contribution < 1.29 is 14.7 Å². The summed E-state index contributed by atoms with van der Waals surface area (Å²) in [5.41, 5.74) is 4.56. The molecule has 0 aliphatic carbocycles. The molecule has 1 amide bonds. The number of nitrogens with zero attached hydrogens (tertiary/aromatic N) is 1. The number of anilines is 2. The van der Waals surface area contributed by atoms with E-state index >= 15 is 0 Å². The summed E-state index contributed by atoms with van der Waals surface area (Å²) >= 11 is 0. The van der Waals surface area contributed by atoms with Crippen LogP contribution in [0.25, 0.3) is 0 Å². The van der Waals surface area contributed by atoms with E-state index < -0.39 is 5.60 Å². The van der Waals surface area contributed by atoms with Crippen molar-refractivity contribution in [1.82, 2.24) is 4.90 Å². The Bertz CT molecular complexity index is 604. The molecule has 0 aromatic heterocycles. The molecule has 0 radical (unpaired) electrons. The van der Waals surface area contributed by atoms with E-state index in [1.807, 2.05) is 33.8 Å². The average molecular weight is 320 g/mol. The van der Waals surface area contributed by atoms with Gasteiger partial charge in [0.2, 0.25) is 0 Å². The number of aryl methyl sites for hydroxylation is 1. The minimum Gasteiger partial charge on any atom is -0.444 e. The van der Waals surface area contributed by atoms with Gasteiger partial charge in [-0.3, -0.25) is 10.7 Å². The first-order valence-electron chi connectivity index (χ1n) is 7.53. The van der Waals surface area contributed by atoms with Gasteiger partial charge in [-0.15, -0.1) is 0 Å². The number of rotatable bonds is 4. The topological polar surface area (TPSA) is 97.7 Å². The van der Waals surface area contributed by atoms with Gasteiger partial charge in [0.15, 0.2) is 0 Å². The van der Waals surface area contributed by atoms with Gasteiger partial charge in [0.05, 0.1) is 11.7 Å². The second-order valence-corrected chi connectivity index (χ2v) is 6.74. The molecule has 126 valence electrons. The largest absolute Gasteiger partial charge is 0.444 e. The van der Waals surface area contributed by atoms with E-state index in [-0.39, 0.29) is 12.1 Å². The quantitative estimate of drug-likeness (QED) is 0.505. The van der Waals surface area contributed by atoms with Crippen molar-refractivity contribution in [2.75, 3.05) is 23.9 Å². The number of ether oxygens (including phenoxy) is 1. The van der Waals surface area contributed by atoms with Crippen molar-refractivity contribution in [1.29, 1.82) is 5.41 Å². The molecule has 0 spiro atoms. The highest BCUT2D eigenvalue weighted by Gasteiger charge is 2.33. The Morgan fingerprint density at radius 2 is 2.04 bits per heavy atom. The van der Waals surface area contributed by atoms with E-state index in [1.54, 1.807) is 11.0 Å². The molecule has 1 aromatic rings. The summed E-state index contributed by atoms with van der Waals surface area (Å²) in [6.07, 6.45) is 0.949. The highest BCUT2D eigenvalue weighted by atomic mass is 16.6. The fourth-order valence-electron chi connectivity index (χ4n) is 2.36. The van der Waals surface area contributed by atoms with Gasteiger partial charge in [0.1, 0.15) is 5.60 Å². The monoisotopic (exact) mass is 320 g/mol. The third-order valence-corrected chi connectivity index (χ3v) is 3.57. The fraction of sp³-hybridized carbons (Fsp3) is 0.500. The number of carbonyl (C=O) groups excluding carboxylic acids is 1. The molecule has 1 saturated heterocycles. The van der Waals surface area contributed by atoms with Gasteiger partial charge in [-0.05, 0) is 45.4 Å². The smallest absolute Gasteiger partial charge is 0.410 e.